The Hall–Kier alpha value is -3.94. The van der Waals surface area contributed by atoms with Crippen LogP contribution >= 0.6 is 0 Å². The van der Waals surface area contributed by atoms with Gasteiger partial charge in [-0.1, -0.05) is 296 Å². The van der Waals surface area contributed by atoms with Gasteiger partial charge in [-0.3, -0.25) is 9.59 Å². The number of hydrogen-bond acceptors (Lipinski definition) is 10. The van der Waals surface area contributed by atoms with Crippen molar-refractivity contribution in [1.29, 1.82) is 0 Å². The molecule has 0 aromatic carbocycles. The molecule has 6 N–H and O–H groups in total. The second-order valence-corrected chi connectivity index (χ2v) is 24.6. The minimum atomic E-state index is -1.63. The van der Waals surface area contributed by atoms with Gasteiger partial charge in [-0.25, -0.2) is 0 Å². The lowest BCUT2D eigenvalue weighted by Crippen LogP contribution is -2.61. The molecule has 1 heterocycles. The van der Waals surface area contributed by atoms with E-state index in [1.54, 1.807) is 6.08 Å². The number of rotatable bonds is 61. The summed E-state index contributed by atoms with van der Waals surface area (Å²) in [6, 6.07) is -1.05. The molecule has 8 atom stereocenters. The first-order chi connectivity index (χ1) is 43.7. The van der Waals surface area contributed by atoms with Crippen LogP contribution in [0.15, 0.2) is 122 Å². The number of hydrogen-bond donors (Lipinski definition) is 6. The smallest absolute Gasteiger partial charge is 0.306 e. The number of carbonyl (C=O) groups excluding carboxylic acids is 2. The van der Waals surface area contributed by atoms with Crippen molar-refractivity contribution in [2.24, 2.45) is 0 Å². The molecule has 89 heavy (non-hydrogen) atoms. The Balaban J connectivity index is 2.61. The van der Waals surface area contributed by atoms with E-state index < -0.39 is 67.4 Å². The number of carbonyl (C=O) groups is 2. The first kappa shape index (κ1) is 83.1. The largest absolute Gasteiger partial charge is 0.454 e. The summed E-state index contributed by atoms with van der Waals surface area (Å²) in [5, 5.41) is 57.3. The maximum absolute atomic E-state index is 13.5. The quantitative estimate of drug-likeness (QED) is 0.0195. The van der Waals surface area contributed by atoms with Gasteiger partial charge < -0.3 is 45.1 Å². The summed E-state index contributed by atoms with van der Waals surface area (Å²) < 4.78 is 17.7. The monoisotopic (exact) mass is 1240 g/mol. The van der Waals surface area contributed by atoms with E-state index in [0.29, 0.717) is 12.8 Å². The van der Waals surface area contributed by atoms with Crippen LogP contribution in [0.2, 0.25) is 0 Å². The highest BCUT2D eigenvalue weighted by Gasteiger charge is 2.47. The van der Waals surface area contributed by atoms with Crippen LogP contribution in [0.5, 0.6) is 0 Å². The van der Waals surface area contributed by atoms with E-state index in [2.05, 4.69) is 135 Å². The van der Waals surface area contributed by atoms with Crippen molar-refractivity contribution < 1.29 is 49.3 Å². The van der Waals surface area contributed by atoms with Crippen molar-refractivity contribution in [1.82, 2.24) is 5.32 Å². The zero-order valence-electron chi connectivity index (χ0n) is 56.8. The van der Waals surface area contributed by atoms with E-state index in [9.17, 15) is 35.1 Å². The van der Waals surface area contributed by atoms with Crippen LogP contribution in [0.3, 0.4) is 0 Å². The van der Waals surface area contributed by atoms with Crippen LogP contribution in [-0.2, 0) is 23.8 Å². The topological polar surface area (TPSA) is 175 Å². The van der Waals surface area contributed by atoms with Gasteiger partial charge in [0.15, 0.2) is 12.4 Å². The molecule has 0 radical (unpaired) electrons. The van der Waals surface area contributed by atoms with Gasteiger partial charge >= 0.3 is 5.97 Å². The van der Waals surface area contributed by atoms with Crippen molar-refractivity contribution in [2.45, 2.75) is 346 Å². The SMILES string of the molecule is CC/C=C\C/C=C\C/C=C\C/C=C\C/C=C\C/C=C\CCCCCC(O)C(=O)NC(COC1OC(CO)C(O)C(O)C1OC(=O)CCCCCCCCCCCCCC/C=C\C/C=C\C/C=C\CCCCC)C(O)/C=C/CCCCCCCCCCCCC. The van der Waals surface area contributed by atoms with Gasteiger partial charge in [0.05, 0.1) is 25.4 Å². The van der Waals surface area contributed by atoms with Crippen molar-refractivity contribution in [2.75, 3.05) is 13.2 Å². The van der Waals surface area contributed by atoms with Crippen molar-refractivity contribution in [3.8, 4) is 0 Å². The van der Waals surface area contributed by atoms with E-state index in [0.717, 1.165) is 122 Å². The average Bonchev–Trinajstić information content (AvgIpc) is 3.11. The Morgan fingerprint density at radius 2 is 0.809 bits per heavy atom. The maximum atomic E-state index is 13.5. The fourth-order valence-corrected chi connectivity index (χ4v) is 10.7. The van der Waals surface area contributed by atoms with E-state index >= 15 is 0 Å². The molecule has 1 fully saturated rings. The summed E-state index contributed by atoms with van der Waals surface area (Å²) in [6.45, 7) is 5.65. The number of nitrogens with one attached hydrogen (secondary N) is 1. The number of aliphatic hydroxyl groups excluding tert-OH is 5. The Bertz CT molecular complexity index is 1920. The van der Waals surface area contributed by atoms with Crippen LogP contribution < -0.4 is 5.32 Å². The van der Waals surface area contributed by atoms with Gasteiger partial charge in [0.1, 0.15) is 24.4 Å². The molecule has 0 saturated carbocycles. The number of esters is 1. The Morgan fingerprint density at radius 3 is 1.24 bits per heavy atom. The molecule has 0 aromatic rings. The standard InChI is InChI=1S/C78H133NO10/c1-4-7-10-13-16-19-22-25-27-29-31-33-35-36-37-39-41-43-45-48-51-54-57-60-63-66-73(83)89-76-75(85)74(84)72(67-80)88-78(76)87-68-69(70(81)64-61-58-55-52-49-46-24-21-18-15-12-9-6-3)79-77(86)71(82)65-62-59-56-53-50-47-44-42-40-38-34-32-30-28-26-23-20-17-14-11-8-5-2/h8,11,16-17,19-20,25-28,31-34,40,42,47,50,61,64,69-72,74-76,78,80-82,84-85H,4-7,9-10,12-15,18,21-24,29-30,35-39,41,43-46,48-49,51-60,62-63,65-68H2,1-3H3,(H,79,86)/b11-8-,19-16-,20-17-,27-25-,28-26-,33-31-,34-32-,42-40-,50-47-,64-61+. The lowest BCUT2D eigenvalue weighted by Gasteiger charge is -2.41. The molecule has 0 bridgehead atoms. The lowest BCUT2D eigenvalue weighted by atomic mass is 9.99. The second kappa shape index (κ2) is 64.2. The third-order valence-electron chi connectivity index (χ3n) is 16.3. The highest BCUT2D eigenvalue weighted by Crippen LogP contribution is 2.26. The van der Waals surface area contributed by atoms with E-state index in [1.807, 2.05) is 6.08 Å². The van der Waals surface area contributed by atoms with Gasteiger partial charge in [-0.2, -0.15) is 0 Å². The molecule has 11 heteroatoms. The molecule has 0 aliphatic carbocycles. The van der Waals surface area contributed by atoms with Crippen LogP contribution in [-0.4, -0.2) is 99.6 Å². The molecule has 0 aromatic heterocycles. The third-order valence-corrected chi connectivity index (χ3v) is 16.3. The maximum Gasteiger partial charge on any atom is 0.306 e. The molecule has 11 nitrogen and oxygen atoms in total. The van der Waals surface area contributed by atoms with E-state index in [4.69, 9.17) is 14.2 Å². The zero-order valence-corrected chi connectivity index (χ0v) is 56.8. The Labute approximate surface area is 544 Å². The lowest BCUT2D eigenvalue weighted by molar-refractivity contribution is -0.305. The summed E-state index contributed by atoms with van der Waals surface area (Å²) in [5.41, 5.74) is 0. The van der Waals surface area contributed by atoms with Crippen molar-refractivity contribution in [3.05, 3.63) is 122 Å². The molecule has 510 valence electrons. The summed E-state index contributed by atoms with van der Waals surface area (Å²) in [6.07, 6.45) is 79.4. The predicted molar refractivity (Wildman–Crippen MR) is 374 cm³/mol. The summed E-state index contributed by atoms with van der Waals surface area (Å²) in [7, 11) is 0. The second-order valence-electron chi connectivity index (χ2n) is 24.6. The molecular weight excluding hydrogens is 1110 g/mol. The van der Waals surface area contributed by atoms with Gasteiger partial charge in [-0.15, -0.1) is 0 Å². The molecule has 0 spiro atoms. The number of aliphatic hydroxyl groups is 5. The van der Waals surface area contributed by atoms with Crippen molar-refractivity contribution in [3.63, 3.8) is 0 Å². The van der Waals surface area contributed by atoms with Gasteiger partial charge in [-0.05, 0) is 116 Å². The predicted octanol–water partition coefficient (Wildman–Crippen LogP) is 19.0. The van der Waals surface area contributed by atoms with Crippen molar-refractivity contribution >= 4 is 11.9 Å². The van der Waals surface area contributed by atoms with Crippen LogP contribution in [0.25, 0.3) is 0 Å². The van der Waals surface area contributed by atoms with E-state index in [1.165, 1.54) is 128 Å². The number of unbranched alkanes of at least 4 members (excludes halogenated alkanes) is 29. The Kier molecular flexibility index (Phi) is 59.9. The number of allylic oxidation sites excluding steroid dienone is 19. The first-order valence-electron chi connectivity index (χ1n) is 36.3. The number of ether oxygens (including phenoxy) is 3. The molecule has 1 amide bonds. The highest BCUT2D eigenvalue weighted by atomic mass is 16.7. The molecule has 1 rings (SSSR count). The highest BCUT2D eigenvalue weighted by molar-refractivity contribution is 5.80. The molecular formula is C78H133NO10. The minimum Gasteiger partial charge on any atom is -0.454 e. The van der Waals surface area contributed by atoms with Crippen LogP contribution in [0.4, 0.5) is 0 Å². The van der Waals surface area contributed by atoms with Crippen LogP contribution in [0, 0.1) is 0 Å². The van der Waals surface area contributed by atoms with E-state index in [-0.39, 0.29) is 19.4 Å². The fraction of sp³-hybridized carbons (Fsp3) is 0.718. The molecule has 1 aliphatic heterocycles. The average molecular weight is 1240 g/mol. The summed E-state index contributed by atoms with van der Waals surface area (Å²) >= 11 is 0. The first-order valence-corrected chi connectivity index (χ1v) is 36.3. The number of amides is 1. The van der Waals surface area contributed by atoms with Gasteiger partial charge in [0, 0.05) is 6.42 Å². The normalized spacial score (nSPS) is 18.9. The fourth-order valence-electron chi connectivity index (χ4n) is 10.7. The minimum absolute atomic E-state index is 0.112. The third kappa shape index (κ3) is 51.3. The molecule has 8 unspecified atom stereocenters. The summed E-state index contributed by atoms with van der Waals surface area (Å²) in [4.78, 5) is 26.7. The van der Waals surface area contributed by atoms with Gasteiger partial charge in [0.25, 0.3) is 0 Å². The Morgan fingerprint density at radius 1 is 0.449 bits per heavy atom. The molecule has 1 saturated heterocycles. The molecule has 1 aliphatic rings. The zero-order chi connectivity index (χ0) is 64.6. The van der Waals surface area contributed by atoms with Gasteiger partial charge in [0.2, 0.25) is 5.91 Å². The van der Waals surface area contributed by atoms with Crippen LogP contribution in [0.1, 0.15) is 297 Å². The summed E-state index contributed by atoms with van der Waals surface area (Å²) in [5.74, 6) is -1.22.